The second kappa shape index (κ2) is 4.10. The maximum atomic E-state index is 12.0. The lowest BCUT2D eigenvalue weighted by Gasteiger charge is -2.13. The molecule has 1 aromatic carbocycles. The van der Waals surface area contributed by atoms with Gasteiger partial charge in [-0.1, -0.05) is 0 Å². The van der Waals surface area contributed by atoms with Gasteiger partial charge in [0.15, 0.2) is 0 Å². The van der Waals surface area contributed by atoms with Gasteiger partial charge in [-0.3, -0.25) is 19.6 Å². The molecule has 1 fully saturated rings. The number of hydrogen-bond donors (Lipinski definition) is 0. The summed E-state index contributed by atoms with van der Waals surface area (Å²) in [5.74, 6) is -0.116. The second-order valence-electron chi connectivity index (χ2n) is 3.85. The first-order valence-corrected chi connectivity index (χ1v) is 5.50. The first-order valence-electron chi connectivity index (χ1n) is 5.50. The van der Waals surface area contributed by atoms with Gasteiger partial charge < -0.3 is 0 Å². The van der Waals surface area contributed by atoms with E-state index in [4.69, 9.17) is 4.84 Å². The first-order chi connectivity index (χ1) is 8.34. The third-order valence-electron chi connectivity index (χ3n) is 2.70. The molecular formula is C12H11N3O2. The van der Waals surface area contributed by atoms with Gasteiger partial charge in [-0.15, -0.1) is 0 Å². The summed E-state index contributed by atoms with van der Waals surface area (Å²) in [4.78, 5) is 25.6. The summed E-state index contributed by atoms with van der Waals surface area (Å²) in [5, 5.41) is 1.40. The summed E-state index contributed by atoms with van der Waals surface area (Å²) >= 11 is 0. The van der Waals surface area contributed by atoms with Gasteiger partial charge in [0.1, 0.15) is 0 Å². The van der Waals surface area contributed by atoms with Crippen molar-refractivity contribution in [1.29, 1.82) is 0 Å². The van der Waals surface area contributed by atoms with Crippen LogP contribution in [0.1, 0.15) is 16.8 Å². The Morgan fingerprint density at radius 1 is 1.24 bits per heavy atom. The second-order valence-corrected chi connectivity index (χ2v) is 3.85. The lowest BCUT2D eigenvalue weighted by molar-refractivity contribution is -0.0768. The summed E-state index contributed by atoms with van der Waals surface area (Å²) in [6, 6.07) is 5.29. The molecule has 0 radical (unpaired) electrons. The average Bonchev–Trinajstić information content (AvgIpc) is 2.91. The number of amides is 1. The molecule has 0 atom stereocenters. The highest BCUT2D eigenvalue weighted by Crippen LogP contribution is 2.15. The zero-order valence-corrected chi connectivity index (χ0v) is 9.17. The van der Waals surface area contributed by atoms with Gasteiger partial charge in [-0.05, 0) is 24.6 Å². The number of carbonyl (C=O) groups is 1. The van der Waals surface area contributed by atoms with Crippen molar-refractivity contribution in [1.82, 2.24) is 15.0 Å². The zero-order valence-electron chi connectivity index (χ0n) is 9.17. The molecule has 1 aliphatic rings. The molecule has 1 aliphatic heterocycles. The lowest BCUT2D eigenvalue weighted by Crippen LogP contribution is -2.26. The van der Waals surface area contributed by atoms with Crippen LogP contribution in [0, 0.1) is 0 Å². The molecule has 1 amide bonds. The van der Waals surface area contributed by atoms with E-state index >= 15 is 0 Å². The van der Waals surface area contributed by atoms with Crippen molar-refractivity contribution in [2.75, 3.05) is 13.2 Å². The lowest BCUT2D eigenvalue weighted by atomic mass is 10.2. The number of rotatable bonds is 1. The van der Waals surface area contributed by atoms with Crippen molar-refractivity contribution in [2.24, 2.45) is 0 Å². The van der Waals surface area contributed by atoms with Crippen LogP contribution in [-0.2, 0) is 4.84 Å². The van der Waals surface area contributed by atoms with E-state index in [9.17, 15) is 4.79 Å². The van der Waals surface area contributed by atoms with Crippen LogP contribution in [0.5, 0.6) is 0 Å². The Labute approximate surface area is 98.0 Å². The Bertz CT molecular complexity index is 564. The van der Waals surface area contributed by atoms with Crippen molar-refractivity contribution >= 4 is 16.9 Å². The summed E-state index contributed by atoms with van der Waals surface area (Å²) in [7, 11) is 0. The number of nitrogens with zero attached hydrogens (tertiary/aromatic N) is 3. The molecule has 0 bridgehead atoms. The first kappa shape index (κ1) is 10.2. The molecule has 1 aromatic heterocycles. The van der Waals surface area contributed by atoms with Gasteiger partial charge >= 0.3 is 0 Å². The molecule has 5 heteroatoms. The smallest absolute Gasteiger partial charge is 0.271 e. The minimum atomic E-state index is -0.116. The third kappa shape index (κ3) is 1.85. The molecule has 1 saturated heterocycles. The molecule has 86 valence electrons. The Hall–Kier alpha value is -2.01. The van der Waals surface area contributed by atoms with Crippen molar-refractivity contribution in [3.05, 3.63) is 36.2 Å². The average molecular weight is 229 g/mol. The van der Waals surface area contributed by atoms with E-state index in [1.165, 1.54) is 5.06 Å². The van der Waals surface area contributed by atoms with Gasteiger partial charge in [0.25, 0.3) is 5.91 Å². The number of benzene rings is 1. The molecule has 17 heavy (non-hydrogen) atoms. The number of hydrogen-bond acceptors (Lipinski definition) is 4. The summed E-state index contributed by atoms with van der Waals surface area (Å²) in [6.07, 6.45) is 4.13. The van der Waals surface area contributed by atoms with E-state index in [1.807, 2.05) is 0 Å². The van der Waals surface area contributed by atoms with Crippen molar-refractivity contribution < 1.29 is 9.63 Å². The highest BCUT2D eigenvalue weighted by atomic mass is 16.7. The number of hydroxylamine groups is 2. The van der Waals surface area contributed by atoms with E-state index < -0.39 is 0 Å². The van der Waals surface area contributed by atoms with Gasteiger partial charge in [0.05, 0.1) is 24.2 Å². The monoisotopic (exact) mass is 229 g/mol. The third-order valence-corrected chi connectivity index (χ3v) is 2.70. The Morgan fingerprint density at radius 3 is 2.82 bits per heavy atom. The van der Waals surface area contributed by atoms with Gasteiger partial charge in [0, 0.05) is 18.0 Å². The predicted molar refractivity (Wildman–Crippen MR) is 61.1 cm³/mol. The van der Waals surface area contributed by atoms with Crippen LogP contribution < -0.4 is 0 Å². The molecule has 0 unspecified atom stereocenters. The molecule has 0 aliphatic carbocycles. The fraction of sp³-hybridized carbons (Fsp3) is 0.250. The molecule has 3 rings (SSSR count). The van der Waals surface area contributed by atoms with Crippen molar-refractivity contribution in [2.45, 2.75) is 6.42 Å². The van der Waals surface area contributed by atoms with Crippen LogP contribution >= 0.6 is 0 Å². The van der Waals surface area contributed by atoms with Crippen LogP contribution in [-0.4, -0.2) is 34.1 Å². The largest absolute Gasteiger partial charge is 0.277 e. The Kier molecular flexibility index (Phi) is 2.45. The Morgan fingerprint density at radius 2 is 2.06 bits per heavy atom. The van der Waals surface area contributed by atoms with E-state index in [-0.39, 0.29) is 5.91 Å². The number of carbonyl (C=O) groups excluding carboxylic acids is 1. The van der Waals surface area contributed by atoms with Crippen LogP contribution in [0.15, 0.2) is 30.6 Å². The molecule has 2 heterocycles. The fourth-order valence-electron chi connectivity index (χ4n) is 1.85. The molecular weight excluding hydrogens is 218 g/mol. The highest BCUT2D eigenvalue weighted by molar-refractivity contribution is 5.96. The standard InChI is InChI=1S/C12H11N3O2/c16-12(15-6-1-7-17-15)9-2-3-10-11(8-9)14-5-4-13-10/h2-5,8H,1,6-7H2. The molecule has 0 saturated carbocycles. The minimum absolute atomic E-state index is 0.116. The molecule has 2 aromatic rings. The SMILES string of the molecule is O=C(c1ccc2nccnc2c1)N1CCCO1. The molecule has 0 spiro atoms. The Balaban J connectivity index is 1.97. The van der Waals surface area contributed by atoms with Gasteiger partial charge in [-0.2, -0.15) is 0 Å². The summed E-state index contributed by atoms with van der Waals surface area (Å²) < 4.78 is 0. The van der Waals surface area contributed by atoms with Crippen LogP contribution in [0.4, 0.5) is 0 Å². The maximum absolute atomic E-state index is 12.0. The summed E-state index contributed by atoms with van der Waals surface area (Å²) in [5.41, 5.74) is 2.09. The van der Waals surface area contributed by atoms with E-state index in [2.05, 4.69) is 9.97 Å². The van der Waals surface area contributed by atoms with E-state index in [1.54, 1.807) is 30.6 Å². The number of aromatic nitrogens is 2. The van der Waals surface area contributed by atoms with Crippen LogP contribution in [0.3, 0.4) is 0 Å². The zero-order chi connectivity index (χ0) is 11.7. The van der Waals surface area contributed by atoms with Crippen molar-refractivity contribution in [3.63, 3.8) is 0 Å². The highest BCUT2D eigenvalue weighted by Gasteiger charge is 2.21. The minimum Gasteiger partial charge on any atom is -0.271 e. The predicted octanol–water partition coefficient (Wildman–Crippen LogP) is 1.41. The molecule has 5 nitrogen and oxygen atoms in total. The van der Waals surface area contributed by atoms with Gasteiger partial charge in [0.2, 0.25) is 0 Å². The fourth-order valence-corrected chi connectivity index (χ4v) is 1.85. The van der Waals surface area contributed by atoms with Gasteiger partial charge in [-0.25, -0.2) is 5.06 Å². The topological polar surface area (TPSA) is 55.3 Å². The number of fused-ring (bicyclic) bond motifs is 1. The van der Waals surface area contributed by atoms with E-state index in [0.717, 1.165) is 17.5 Å². The van der Waals surface area contributed by atoms with E-state index in [0.29, 0.717) is 18.7 Å². The molecule has 0 N–H and O–H groups in total. The normalized spacial score (nSPS) is 15.4. The van der Waals surface area contributed by atoms with Crippen LogP contribution in [0.2, 0.25) is 0 Å². The quantitative estimate of drug-likeness (QED) is 0.741. The summed E-state index contributed by atoms with van der Waals surface area (Å²) in [6.45, 7) is 1.26. The van der Waals surface area contributed by atoms with Crippen molar-refractivity contribution in [3.8, 4) is 0 Å². The maximum Gasteiger partial charge on any atom is 0.277 e. The van der Waals surface area contributed by atoms with Crippen LogP contribution in [0.25, 0.3) is 11.0 Å².